The highest BCUT2D eigenvalue weighted by Crippen LogP contribution is 2.11. The molecule has 1 aromatic heterocycles. The molecule has 23 heavy (non-hydrogen) atoms. The van der Waals surface area contributed by atoms with Gasteiger partial charge >= 0.3 is 10.3 Å². The van der Waals surface area contributed by atoms with E-state index in [0.717, 1.165) is 0 Å². The van der Waals surface area contributed by atoms with Crippen LogP contribution in [0.5, 0.6) is 0 Å². The van der Waals surface area contributed by atoms with E-state index in [1.807, 2.05) is 0 Å². The van der Waals surface area contributed by atoms with Crippen LogP contribution in [0.4, 0.5) is 17.8 Å². The molecule has 1 heterocycles. The van der Waals surface area contributed by atoms with Gasteiger partial charge in [-0.05, 0) is 10.8 Å². The van der Waals surface area contributed by atoms with Gasteiger partial charge in [0.1, 0.15) is 0 Å². The van der Waals surface area contributed by atoms with Gasteiger partial charge in [-0.15, -0.1) is 0 Å². The molecule has 2 aromatic carbocycles. The molecule has 3 rings (SSSR count). The summed E-state index contributed by atoms with van der Waals surface area (Å²) in [7, 11) is -4.42. The molecule has 10 heteroatoms. The molecule has 0 aliphatic rings. The molecular formula is C13H14N6O3S. The minimum Gasteiger partial charge on any atom is -0.368 e. The molecule has 9 nitrogen and oxygen atoms in total. The third-order valence-electron chi connectivity index (χ3n) is 2.55. The lowest BCUT2D eigenvalue weighted by Gasteiger charge is -2.01. The third-order valence-corrected chi connectivity index (χ3v) is 2.99. The summed E-state index contributed by atoms with van der Waals surface area (Å²) >= 11 is 0. The van der Waals surface area contributed by atoms with Crippen LogP contribution in [0.2, 0.25) is 0 Å². The van der Waals surface area contributed by atoms with Crippen LogP contribution in [0, 0.1) is 0 Å². The Morgan fingerprint density at radius 2 is 1.22 bits per heavy atom. The second-order valence-corrected chi connectivity index (χ2v) is 5.45. The van der Waals surface area contributed by atoms with Crippen molar-refractivity contribution in [1.29, 1.82) is 0 Å². The summed E-state index contributed by atoms with van der Waals surface area (Å²) in [6.45, 7) is 0. The van der Waals surface area contributed by atoms with E-state index in [1.165, 1.54) is 10.8 Å². The van der Waals surface area contributed by atoms with Gasteiger partial charge in [-0.25, -0.2) is 4.72 Å². The van der Waals surface area contributed by atoms with E-state index < -0.39 is 16.3 Å². The minimum atomic E-state index is -4.42. The standard InChI is InChI=1S/C10H8.C3H6N6O3S/c1-2-6-10-8-4-3-7-9(10)5-1;4-1-6-2(5)8-3(7-1)9-13(10,11)12/h1-8H;(H,10,11,12)(H5,4,5,6,7,8,9). The molecule has 0 aliphatic heterocycles. The van der Waals surface area contributed by atoms with E-state index >= 15 is 0 Å². The molecule has 0 aliphatic carbocycles. The van der Waals surface area contributed by atoms with E-state index in [4.69, 9.17) is 16.0 Å². The predicted octanol–water partition coefficient (Wildman–Crippen LogP) is 1.09. The number of benzene rings is 2. The Balaban J connectivity index is 0.000000172. The summed E-state index contributed by atoms with van der Waals surface area (Å²) < 4.78 is 30.5. The first-order chi connectivity index (χ1) is 10.8. The van der Waals surface area contributed by atoms with Gasteiger partial charge in [0.05, 0.1) is 0 Å². The quantitative estimate of drug-likeness (QED) is 0.507. The van der Waals surface area contributed by atoms with Gasteiger partial charge in [0.15, 0.2) is 0 Å². The zero-order valence-electron chi connectivity index (χ0n) is 11.8. The molecule has 0 saturated carbocycles. The molecule has 6 N–H and O–H groups in total. The highest BCUT2D eigenvalue weighted by molar-refractivity contribution is 7.87. The number of hydrogen-bond acceptors (Lipinski definition) is 7. The summed E-state index contributed by atoms with van der Waals surface area (Å²) in [5.41, 5.74) is 10.2. The molecule has 120 valence electrons. The van der Waals surface area contributed by atoms with Crippen molar-refractivity contribution in [3.05, 3.63) is 48.5 Å². The van der Waals surface area contributed by atoms with Crippen molar-refractivity contribution in [3.63, 3.8) is 0 Å². The number of fused-ring (bicyclic) bond motifs is 1. The molecule has 0 radical (unpaired) electrons. The summed E-state index contributed by atoms with van der Waals surface area (Å²) in [5.74, 6) is -0.940. The van der Waals surface area contributed by atoms with Crippen LogP contribution in [0.25, 0.3) is 10.8 Å². The Morgan fingerprint density at radius 3 is 1.57 bits per heavy atom. The monoisotopic (exact) mass is 334 g/mol. The lowest BCUT2D eigenvalue weighted by Crippen LogP contribution is -2.15. The van der Waals surface area contributed by atoms with Gasteiger partial charge in [-0.2, -0.15) is 23.4 Å². The van der Waals surface area contributed by atoms with E-state index in [0.29, 0.717) is 0 Å². The lowest BCUT2D eigenvalue weighted by molar-refractivity contribution is 0.489. The van der Waals surface area contributed by atoms with Crippen molar-refractivity contribution in [3.8, 4) is 0 Å². The molecule has 0 unspecified atom stereocenters. The summed E-state index contributed by atoms with van der Waals surface area (Å²) in [5, 5.41) is 2.62. The predicted molar refractivity (Wildman–Crippen MR) is 87.8 cm³/mol. The van der Waals surface area contributed by atoms with Gasteiger partial charge in [0, 0.05) is 0 Å². The zero-order chi connectivity index (χ0) is 16.9. The van der Waals surface area contributed by atoms with Crippen LogP contribution in [0.3, 0.4) is 0 Å². The topological polar surface area (TPSA) is 157 Å². The van der Waals surface area contributed by atoms with Gasteiger partial charge in [-0.3, -0.25) is 4.55 Å². The maximum Gasteiger partial charge on any atom is 0.359 e. The van der Waals surface area contributed by atoms with Crippen molar-refractivity contribution in [1.82, 2.24) is 15.0 Å². The van der Waals surface area contributed by atoms with Crippen LogP contribution in [0.15, 0.2) is 48.5 Å². The van der Waals surface area contributed by atoms with Gasteiger partial charge in [-0.1, -0.05) is 48.5 Å². The maximum absolute atomic E-state index is 10.3. The van der Waals surface area contributed by atoms with Crippen LogP contribution >= 0.6 is 0 Å². The van der Waals surface area contributed by atoms with Gasteiger partial charge in [0.2, 0.25) is 17.8 Å². The fourth-order valence-electron chi connectivity index (χ4n) is 1.70. The minimum absolute atomic E-state index is 0.251. The smallest absolute Gasteiger partial charge is 0.359 e. The highest BCUT2D eigenvalue weighted by atomic mass is 32.2. The normalized spacial score (nSPS) is 10.7. The molecule has 0 spiro atoms. The fourth-order valence-corrected chi connectivity index (χ4v) is 2.03. The molecular weight excluding hydrogens is 320 g/mol. The first kappa shape index (κ1) is 16.4. The Hall–Kier alpha value is -2.98. The molecule has 0 bridgehead atoms. The van der Waals surface area contributed by atoms with Gasteiger partial charge in [0.25, 0.3) is 0 Å². The van der Waals surface area contributed by atoms with Gasteiger partial charge < -0.3 is 11.5 Å². The summed E-state index contributed by atoms with van der Waals surface area (Å²) in [6.07, 6.45) is 0. The number of nitrogen functional groups attached to an aromatic ring is 2. The number of aromatic nitrogens is 3. The fraction of sp³-hybridized carbons (Fsp3) is 0. The van der Waals surface area contributed by atoms with Crippen molar-refractivity contribution in [2.75, 3.05) is 16.2 Å². The number of hydrogen-bond donors (Lipinski definition) is 4. The van der Waals surface area contributed by atoms with E-state index in [1.54, 1.807) is 4.72 Å². The number of nitrogens with two attached hydrogens (primary N) is 2. The third kappa shape index (κ3) is 5.37. The van der Waals surface area contributed by atoms with E-state index in [2.05, 4.69) is 63.5 Å². The van der Waals surface area contributed by atoms with Crippen LogP contribution in [-0.2, 0) is 10.3 Å². The van der Waals surface area contributed by atoms with Crippen LogP contribution < -0.4 is 16.2 Å². The Morgan fingerprint density at radius 1 is 0.826 bits per heavy atom. The summed E-state index contributed by atoms with van der Waals surface area (Å²) in [6, 6.07) is 16.7. The first-order valence-electron chi connectivity index (χ1n) is 6.29. The second kappa shape index (κ2) is 6.85. The van der Waals surface area contributed by atoms with Crippen molar-refractivity contribution in [2.24, 2.45) is 0 Å². The molecule has 0 amide bonds. The molecule has 0 fully saturated rings. The van der Waals surface area contributed by atoms with E-state index in [-0.39, 0.29) is 11.9 Å². The lowest BCUT2D eigenvalue weighted by atomic mass is 10.1. The Kier molecular flexibility index (Phi) is 4.88. The number of nitrogens with zero attached hydrogens (tertiary/aromatic N) is 3. The SMILES string of the molecule is Nc1nc(N)nc(NS(=O)(=O)O)n1.c1ccc2ccccc2c1. The number of rotatable bonds is 2. The molecule has 3 aromatic rings. The Bertz CT molecular complexity index is 831. The van der Waals surface area contributed by atoms with Crippen molar-refractivity contribution in [2.45, 2.75) is 0 Å². The first-order valence-corrected chi connectivity index (χ1v) is 7.73. The van der Waals surface area contributed by atoms with E-state index in [9.17, 15) is 8.42 Å². The number of nitrogens with one attached hydrogen (secondary N) is 1. The summed E-state index contributed by atoms with van der Waals surface area (Å²) in [4.78, 5) is 10.1. The van der Waals surface area contributed by atoms with Crippen molar-refractivity contribution < 1.29 is 13.0 Å². The van der Waals surface area contributed by atoms with Crippen LogP contribution in [-0.4, -0.2) is 27.9 Å². The average Bonchev–Trinajstić information content (AvgIpc) is 2.45. The van der Waals surface area contributed by atoms with Crippen molar-refractivity contribution >= 4 is 38.9 Å². The highest BCUT2D eigenvalue weighted by Gasteiger charge is 2.08. The van der Waals surface area contributed by atoms with Crippen LogP contribution in [0.1, 0.15) is 0 Å². The number of anilines is 3. The maximum atomic E-state index is 10.3. The Labute approximate surface area is 132 Å². The second-order valence-electron chi connectivity index (χ2n) is 4.30. The molecule has 0 saturated heterocycles. The zero-order valence-corrected chi connectivity index (χ0v) is 12.6. The molecule has 0 atom stereocenters. The average molecular weight is 334 g/mol. The largest absolute Gasteiger partial charge is 0.368 e.